The van der Waals surface area contributed by atoms with Crippen molar-refractivity contribution in [3.8, 4) is 0 Å². The molecule has 2 unspecified atom stereocenters. The number of unbranched alkanes of at least 4 members (excludes halogenated alkanes) is 1. The van der Waals surface area contributed by atoms with Crippen LogP contribution in [0.4, 0.5) is 0 Å². The fourth-order valence-electron chi connectivity index (χ4n) is 2.17. The highest BCUT2D eigenvalue weighted by molar-refractivity contribution is 6.31. The number of halogens is 1. The lowest BCUT2D eigenvalue weighted by Gasteiger charge is -2.19. The van der Waals surface area contributed by atoms with Crippen LogP contribution in [0.25, 0.3) is 0 Å². The second-order valence-electron chi connectivity index (χ2n) is 4.69. The quantitative estimate of drug-likeness (QED) is 0.728. The van der Waals surface area contributed by atoms with Gasteiger partial charge in [-0.3, -0.25) is 0 Å². The SMILES string of the molecule is CCCCC(CC)CC(O)c1ccccc1Cl. The molecule has 0 aliphatic rings. The molecule has 1 N–H and O–H groups in total. The van der Waals surface area contributed by atoms with E-state index in [9.17, 15) is 5.11 Å². The van der Waals surface area contributed by atoms with Gasteiger partial charge in [0.2, 0.25) is 0 Å². The molecule has 96 valence electrons. The second-order valence-corrected chi connectivity index (χ2v) is 5.10. The van der Waals surface area contributed by atoms with Crippen molar-refractivity contribution in [1.29, 1.82) is 0 Å². The summed E-state index contributed by atoms with van der Waals surface area (Å²) in [6, 6.07) is 7.58. The molecule has 0 saturated carbocycles. The molecule has 0 aromatic heterocycles. The van der Waals surface area contributed by atoms with E-state index in [0.717, 1.165) is 18.4 Å². The first kappa shape index (κ1) is 14.5. The summed E-state index contributed by atoms with van der Waals surface area (Å²) >= 11 is 6.09. The molecule has 0 radical (unpaired) electrons. The van der Waals surface area contributed by atoms with Crippen molar-refractivity contribution >= 4 is 11.6 Å². The minimum Gasteiger partial charge on any atom is -0.388 e. The molecule has 0 saturated heterocycles. The van der Waals surface area contributed by atoms with Gasteiger partial charge in [-0.15, -0.1) is 0 Å². The van der Waals surface area contributed by atoms with Crippen molar-refractivity contribution in [2.24, 2.45) is 5.92 Å². The average molecular weight is 255 g/mol. The van der Waals surface area contributed by atoms with Gasteiger partial charge in [-0.05, 0) is 24.0 Å². The van der Waals surface area contributed by atoms with E-state index < -0.39 is 6.10 Å². The van der Waals surface area contributed by atoms with Crippen LogP contribution < -0.4 is 0 Å². The zero-order chi connectivity index (χ0) is 12.7. The molecule has 2 atom stereocenters. The smallest absolute Gasteiger partial charge is 0.0807 e. The van der Waals surface area contributed by atoms with Crippen LogP contribution in [-0.4, -0.2) is 5.11 Å². The molecule has 0 aliphatic heterocycles. The summed E-state index contributed by atoms with van der Waals surface area (Å²) in [5.41, 5.74) is 0.865. The maximum Gasteiger partial charge on any atom is 0.0807 e. The minimum atomic E-state index is -0.425. The summed E-state index contributed by atoms with van der Waals surface area (Å²) in [6.45, 7) is 4.40. The predicted octanol–water partition coefficient (Wildman–Crippen LogP) is 4.98. The first-order chi connectivity index (χ1) is 8.19. The molecule has 1 aromatic carbocycles. The molecule has 0 heterocycles. The Balaban J connectivity index is 2.58. The third-order valence-corrected chi connectivity index (χ3v) is 3.71. The fourth-order valence-corrected chi connectivity index (χ4v) is 2.43. The van der Waals surface area contributed by atoms with Crippen molar-refractivity contribution in [3.05, 3.63) is 34.9 Å². The fraction of sp³-hybridized carbons (Fsp3) is 0.600. The van der Waals surface area contributed by atoms with E-state index in [1.165, 1.54) is 19.3 Å². The molecule has 0 fully saturated rings. The van der Waals surface area contributed by atoms with Crippen LogP contribution in [-0.2, 0) is 0 Å². The molecule has 1 rings (SSSR count). The van der Waals surface area contributed by atoms with Crippen LogP contribution in [0, 0.1) is 5.92 Å². The highest BCUT2D eigenvalue weighted by Crippen LogP contribution is 2.30. The lowest BCUT2D eigenvalue weighted by molar-refractivity contribution is 0.139. The van der Waals surface area contributed by atoms with Crippen molar-refractivity contribution in [2.75, 3.05) is 0 Å². The number of hydrogen-bond acceptors (Lipinski definition) is 1. The Morgan fingerprint density at radius 3 is 2.53 bits per heavy atom. The molecule has 0 amide bonds. The van der Waals surface area contributed by atoms with Crippen LogP contribution in [0.15, 0.2) is 24.3 Å². The molecule has 0 spiro atoms. The highest BCUT2D eigenvalue weighted by Gasteiger charge is 2.16. The van der Waals surface area contributed by atoms with E-state index in [4.69, 9.17) is 11.6 Å². The van der Waals surface area contributed by atoms with E-state index in [1.807, 2.05) is 24.3 Å². The Labute approximate surface area is 110 Å². The van der Waals surface area contributed by atoms with E-state index in [2.05, 4.69) is 13.8 Å². The van der Waals surface area contributed by atoms with Crippen molar-refractivity contribution in [2.45, 2.75) is 52.1 Å². The lowest BCUT2D eigenvalue weighted by Crippen LogP contribution is -2.07. The molecular weight excluding hydrogens is 232 g/mol. The summed E-state index contributed by atoms with van der Waals surface area (Å²) in [4.78, 5) is 0. The maximum atomic E-state index is 10.2. The third-order valence-electron chi connectivity index (χ3n) is 3.36. The number of benzene rings is 1. The maximum absolute atomic E-state index is 10.2. The summed E-state index contributed by atoms with van der Waals surface area (Å²) in [6.07, 6.45) is 5.19. The summed E-state index contributed by atoms with van der Waals surface area (Å²) in [5, 5.41) is 10.9. The van der Waals surface area contributed by atoms with Crippen LogP contribution in [0.5, 0.6) is 0 Å². The topological polar surface area (TPSA) is 20.2 Å². The molecule has 1 nitrogen and oxygen atoms in total. The zero-order valence-electron chi connectivity index (χ0n) is 10.8. The molecule has 0 bridgehead atoms. The summed E-state index contributed by atoms with van der Waals surface area (Å²) in [7, 11) is 0. The average Bonchev–Trinajstić information content (AvgIpc) is 2.34. The van der Waals surface area contributed by atoms with Gasteiger partial charge in [0.25, 0.3) is 0 Å². The van der Waals surface area contributed by atoms with Gasteiger partial charge in [0.15, 0.2) is 0 Å². The van der Waals surface area contributed by atoms with Gasteiger partial charge >= 0.3 is 0 Å². The van der Waals surface area contributed by atoms with Gasteiger partial charge < -0.3 is 5.11 Å². The second kappa shape index (κ2) is 7.73. The Hall–Kier alpha value is -0.530. The van der Waals surface area contributed by atoms with E-state index in [0.29, 0.717) is 10.9 Å². The Bertz CT molecular complexity index is 324. The predicted molar refractivity (Wildman–Crippen MR) is 74.3 cm³/mol. The largest absolute Gasteiger partial charge is 0.388 e. The first-order valence-corrected chi connectivity index (χ1v) is 6.99. The number of rotatable bonds is 7. The van der Waals surface area contributed by atoms with Gasteiger partial charge in [0.05, 0.1) is 6.10 Å². The van der Waals surface area contributed by atoms with Crippen molar-refractivity contribution in [3.63, 3.8) is 0 Å². The highest BCUT2D eigenvalue weighted by atomic mass is 35.5. The Morgan fingerprint density at radius 2 is 1.94 bits per heavy atom. The molecule has 1 aromatic rings. The molecule has 0 aliphatic carbocycles. The number of hydrogen-bond donors (Lipinski definition) is 1. The Morgan fingerprint density at radius 1 is 1.24 bits per heavy atom. The van der Waals surface area contributed by atoms with E-state index >= 15 is 0 Å². The standard InChI is InChI=1S/C15H23ClO/c1-3-5-8-12(4-2)11-15(17)13-9-6-7-10-14(13)16/h6-7,9-10,12,15,17H,3-5,8,11H2,1-2H3. The van der Waals surface area contributed by atoms with Gasteiger partial charge in [0.1, 0.15) is 0 Å². The molecule has 2 heteroatoms. The van der Waals surface area contributed by atoms with Crippen LogP contribution >= 0.6 is 11.6 Å². The lowest BCUT2D eigenvalue weighted by atomic mass is 9.91. The van der Waals surface area contributed by atoms with E-state index in [-0.39, 0.29) is 0 Å². The van der Waals surface area contributed by atoms with Crippen LogP contribution in [0.1, 0.15) is 57.6 Å². The van der Waals surface area contributed by atoms with Gasteiger partial charge in [-0.1, -0.05) is 69.3 Å². The van der Waals surface area contributed by atoms with Gasteiger partial charge in [-0.2, -0.15) is 0 Å². The minimum absolute atomic E-state index is 0.425. The molecule has 17 heavy (non-hydrogen) atoms. The first-order valence-electron chi connectivity index (χ1n) is 6.61. The number of aliphatic hydroxyl groups excluding tert-OH is 1. The number of aliphatic hydroxyl groups is 1. The third kappa shape index (κ3) is 4.69. The van der Waals surface area contributed by atoms with Crippen LogP contribution in [0.3, 0.4) is 0 Å². The molecular formula is C15H23ClO. The van der Waals surface area contributed by atoms with Crippen LogP contribution in [0.2, 0.25) is 5.02 Å². The van der Waals surface area contributed by atoms with Gasteiger partial charge in [0, 0.05) is 5.02 Å². The monoisotopic (exact) mass is 254 g/mol. The van der Waals surface area contributed by atoms with Gasteiger partial charge in [-0.25, -0.2) is 0 Å². The van der Waals surface area contributed by atoms with E-state index in [1.54, 1.807) is 0 Å². The zero-order valence-corrected chi connectivity index (χ0v) is 11.6. The van der Waals surface area contributed by atoms with Crippen molar-refractivity contribution in [1.82, 2.24) is 0 Å². The summed E-state index contributed by atoms with van der Waals surface area (Å²) in [5.74, 6) is 0.598. The summed E-state index contributed by atoms with van der Waals surface area (Å²) < 4.78 is 0. The Kier molecular flexibility index (Phi) is 6.61. The normalized spacial score (nSPS) is 14.6. The van der Waals surface area contributed by atoms with Crippen molar-refractivity contribution < 1.29 is 5.11 Å².